The molecule has 0 radical (unpaired) electrons. The fourth-order valence-electron chi connectivity index (χ4n) is 3.63. The van der Waals surface area contributed by atoms with Gasteiger partial charge in [-0.3, -0.25) is 14.7 Å². The Morgan fingerprint density at radius 3 is 2.79 bits per heavy atom. The second-order valence-electron chi connectivity index (χ2n) is 6.78. The minimum Gasteiger partial charge on any atom is -0.396 e. The molecule has 0 aromatic carbocycles. The van der Waals surface area contributed by atoms with Gasteiger partial charge in [0.05, 0.1) is 13.2 Å². The van der Waals surface area contributed by atoms with Crippen LogP contribution in [0.1, 0.15) is 12.0 Å². The van der Waals surface area contributed by atoms with E-state index in [9.17, 15) is 9.90 Å². The van der Waals surface area contributed by atoms with E-state index < -0.39 is 0 Å². The lowest BCUT2D eigenvalue weighted by Gasteiger charge is -2.30. The highest BCUT2D eigenvalue weighted by Crippen LogP contribution is 2.25. The number of likely N-dealkylation sites (tertiary alicyclic amines) is 1. The average molecular weight is 333 g/mol. The average Bonchev–Trinajstić information content (AvgIpc) is 3.04. The van der Waals surface area contributed by atoms with Crippen LogP contribution >= 0.6 is 0 Å². The van der Waals surface area contributed by atoms with Crippen molar-refractivity contribution in [3.63, 3.8) is 0 Å². The van der Waals surface area contributed by atoms with Gasteiger partial charge in [-0.2, -0.15) is 0 Å². The Balaban J connectivity index is 1.50. The summed E-state index contributed by atoms with van der Waals surface area (Å²) in [4.78, 5) is 20.9. The van der Waals surface area contributed by atoms with Crippen molar-refractivity contribution < 1.29 is 14.6 Å². The van der Waals surface area contributed by atoms with Gasteiger partial charge in [0.1, 0.15) is 0 Å². The molecule has 6 nitrogen and oxygen atoms in total. The highest BCUT2D eigenvalue weighted by molar-refractivity contribution is 5.76. The zero-order valence-electron chi connectivity index (χ0n) is 14.1. The maximum Gasteiger partial charge on any atom is 0.222 e. The fourth-order valence-corrected chi connectivity index (χ4v) is 3.63. The van der Waals surface area contributed by atoms with Crippen LogP contribution < -0.4 is 0 Å². The second kappa shape index (κ2) is 8.55. The molecule has 6 heteroatoms. The van der Waals surface area contributed by atoms with Crippen molar-refractivity contribution >= 4 is 5.91 Å². The third-order valence-electron chi connectivity index (χ3n) is 5.11. The van der Waals surface area contributed by atoms with E-state index in [4.69, 9.17) is 4.74 Å². The Morgan fingerprint density at radius 2 is 2.08 bits per heavy atom. The summed E-state index contributed by atoms with van der Waals surface area (Å²) in [6.45, 7) is 6.00. The molecule has 0 spiro atoms. The van der Waals surface area contributed by atoms with Crippen molar-refractivity contribution in [3.8, 4) is 0 Å². The van der Waals surface area contributed by atoms with Crippen LogP contribution in [0.3, 0.4) is 0 Å². The molecule has 0 bridgehead atoms. The molecular formula is C18H27N3O3. The van der Waals surface area contributed by atoms with E-state index in [1.54, 1.807) is 6.20 Å². The summed E-state index contributed by atoms with van der Waals surface area (Å²) in [5.41, 5.74) is 1.09. The van der Waals surface area contributed by atoms with Crippen molar-refractivity contribution in [1.82, 2.24) is 14.8 Å². The first-order chi connectivity index (χ1) is 11.8. The highest BCUT2D eigenvalue weighted by Gasteiger charge is 2.35. The van der Waals surface area contributed by atoms with Gasteiger partial charge in [-0.05, 0) is 24.0 Å². The minimum absolute atomic E-state index is 0.154. The molecule has 1 aromatic heterocycles. The van der Waals surface area contributed by atoms with Gasteiger partial charge in [-0.15, -0.1) is 0 Å². The summed E-state index contributed by atoms with van der Waals surface area (Å²) in [5.74, 6) is 0.729. The molecule has 0 saturated carbocycles. The molecule has 2 aliphatic heterocycles. The van der Waals surface area contributed by atoms with Gasteiger partial charge >= 0.3 is 0 Å². The normalized spacial score (nSPS) is 25.1. The first-order valence-electron chi connectivity index (χ1n) is 8.84. The van der Waals surface area contributed by atoms with Gasteiger partial charge in [0.25, 0.3) is 0 Å². The molecular weight excluding hydrogens is 306 g/mol. The van der Waals surface area contributed by atoms with Gasteiger partial charge < -0.3 is 14.7 Å². The van der Waals surface area contributed by atoms with E-state index in [1.807, 2.05) is 23.2 Å². The first kappa shape index (κ1) is 17.3. The van der Waals surface area contributed by atoms with Crippen LogP contribution in [-0.2, 0) is 16.0 Å². The fraction of sp³-hybridized carbons (Fsp3) is 0.667. The maximum absolute atomic E-state index is 12.5. The van der Waals surface area contributed by atoms with E-state index >= 15 is 0 Å². The number of ether oxygens (including phenoxy) is 1. The van der Waals surface area contributed by atoms with Crippen molar-refractivity contribution in [2.75, 3.05) is 52.5 Å². The third kappa shape index (κ3) is 4.53. The Bertz CT molecular complexity index is 520. The van der Waals surface area contributed by atoms with E-state index in [1.165, 1.54) is 0 Å². The number of hydrogen-bond acceptors (Lipinski definition) is 5. The Kier molecular flexibility index (Phi) is 6.18. The topological polar surface area (TPSA) is 65.9 Å². The number of carbonyl (C=O) groups excluding carboxylic acids is 1. The molecule has 0 aliphatic carbocycles. The Morgan fingerprint density at radius 1 is 1.29 bits per heavy atom. The number of pyridine rings is 1. The second-order valence-corrected chi connectivity index (χ2v) is 6.78. The molecule has 2 fully saturated rings. The number of aryl methyl sites for hydroxylation is 1. The summed E-state index contributed by atoms with van der Waals surface area (Å²) >= 11 is 0. The van der Waals surface area contributed by atoms with E-state index in [-0.39, 0.29) is 18.4 Å². The van der Waals surface area contributed by atoms with Gasteiger partial charge in [-0.1, -0.05) is 6.07 Å². The smallest absolute Gasteiger partial charge is 0.222 e. The van der Waals surface area contributed by atoms with Gasteiger partial charge in [0.15, 0.2) is 0 Å². The molecule has 1 N–H and O–H groups in total. The number of rotatable bonds is 6. The SMILES string of the molecule is O=C(CCc1cccnc1)N1C[C@@H](CN2CCOCC2)[C@@H](CO)C1. The quantitative estimate of drug-likeness (QED) is 0.817. The number of carbonyl (C=O) groups is 1. The number of amides is 1. The standard InChI is InChI=1S/C18H27N3O3/c22-14-17-13-21(12-16(17)11-20-6-8-24-9-7-20)18(23)4-3-15-2-1-5-19-10-15/h1-2,5,10,16-17,22H,3-4,6-9,11-14H2/t16-,17-/m1/s1. The molecule has 2 atom stereocenters. The van der Waals surface area contributed by atoms with E-state index in [0.29, 0.717) is 18.9 Å². The molecule has 24 heavy (non-hydrogen) atoms. The largest absolute Gasteiger partial charge is 0.396 e. The molecule has 3 heterocycles. The summed E-state index contributed by atoms with van der Waals surface area (Å²) in [7, 11) is 0. The van der Waals surface area contributed by atoms with Crippen LogP contribution in [0, 0.1) is 11.8 Å². The molecule has 132 valence electrons. The molecule has 3 rings (SSSR count). The summed E-state index contributed by atoms with van der Waals surface area (Å²) < 4.78 is 5.39. The zero-order valence-corrected chi connectivity index (χ0v) is 14.1. The summed E-state index contributed by atoms with van der Waals surface area (Å²) in [6.07, 6.45) is 4.79. The van der Waals surface area contributed by atoms with Crippen molar-refractivity contribution in [2.45, 2.75) is 12.8 Å². The van der Waals surface area contributed by atoms with E-state index in [0.717, 1.165) is 51.4 Å². The number of aromatic nitrogens is 1. The van der Waals surface area contributed by atoms with Crippen LogP contribution in [0.2, 0.25) is 0 Å². The lowest BCUT2D eigenvalue weighted by atomic mass is 9.96. The van der Waals surface area contributed by atoms with Crippen LogP contribution in [0.5, 0.6) is 0 Å². The van der Waals surface area contributed by atoms with Crippen molar-refractivity contribution in [3.05, 3.63) is 30.1 Å². The number of aliphatic hydroxyl groups excluding tert-OH is 1. The van der Waals surface area contributed by atoms with Crippen LogP contribution in [0.15, 0.2) is 24.5 Å². The summed E-state index contributed by atoms with van der Waals surface area (Å²) in [5, 5.41) is 9.68. The molecule has 0 unspecified atom stereocenters. The number of morpholine rings is 1. The maximum atomic E-state index is 12.5. The van der Waals surface area contributed by atoms with Gasteiger partial charge in [-0.25, -0.2) is 0 Å². The number of hydrogen-bond donors (Lipinski definition) is 1. The predicted molar refractivity (Wildman–Crippen MR) is 90.5 cm³/mol. The van der Waals surface area contributed by atoms with Crippen LogP contribution in [0.25, 0.3) is 0 Å². The molecule has 1 amide bonds. The summed E-state index contributed by atoms with van der Waals surface area (Å²) in [6, 6.07) is 3.90. The Labute approximate surface area is 143 Å². The third-order valence-corrected chi connectivity index (χ3v) is 5.11. The predicted octanol–water partition coefficient (Wildman–Crippen LogP) is 0.413. The zero-order chi connectivity index (χ0) is 16.8. The monoisotopic (exact) mass is 333 g/mol. The number of nitrogens with zero attached hydrogens (tertiary/aromatic N) is 3. The van der Waals surface area contributed by atoms with Crippen LogP contribution in [0.4, 0.5) is 0 Å². The van der Waals surface area contributed by atoms with Gasteiger partial charge in [0, 0.05) is 64.1 Å². The number of aliphatic hydroxyl groups is 1. The van der Waals surface area contributed by atoms with Gasteiger partial charge in [0.2, 0.25) is 5.91 Å². The first-order valence-corrected chi connectivity index (χ1v) is 8.84. The molecule has 2 aliphatic rings. The van der Waals surface area contributed by atoms with Crippen molar-refractivity contribution in [1.29, 1.82) is 0 Å². The van der Waals surface area contributed by atoms with Crippen molar-refractivity contribution in [2.24, 2.45) is 11.8 Å². The Hall–Kier alpha value is -1.50. The van der Waals surface area contributed by atoms with Crippen LogP contribution in [-0.4, -0.2) is 78.3 Å². The molecule has 2 saturated heterocycles. The lowest BCUT2D eigenvalue weighted by molar-refractivity contribution is -0.130. The highest BCUT2D eigenvalue weighted by atomic mass is 16.5. The minimum atomic E-state index is 0.154. The molecule has 1 aromatic rings. The lowest BCUT2D eigenvalue weighted by Crippen LogP contribution is -2.41. The van der Waals surface area contributed by atoms with E-state index in [2.05, 4.69) is 9.88 Å².